The lowest BCUT2D eigenvalue weighted by Crippen LogP contribution is -2.23. The summed E-state index contributed by atoms with van der Waals surface area (Å²) >= 11 is 5.10. The van der Waals surface area contributed by atoms with Gasteiger partial charge in [0.25, 0.3) is 0 Å². The minimum absolute atomic E-state index is 0.426. The van der Waals surface area contributed by atoms with Gasteiger partial charge in [-0.3, -0.25) is 5.43 Å². The van der Waals surface area contributed by atoms with E-state index >= 15 is 0 Å². The molecule has 0 saturated heterocycles. The van der Waals surface area contributed by atoms with Crippen molar-refractivity contribution in [3.8, 4) is 0 Å². The van der Waals surface area contributed by atoms with Crippen molar-refractivity contribution < 1.29 is 0 Å². The molecule has 0 atom stereocenters. The van der Waals surface area contributed by atoms with Crippen LogP contribution in [0.3, 0.4) is 0 Å². The predicted octanol–water partition coefficient (Wildman–Crippen LogP) is 2.11. The number of rotatable bonds is 3. The molecule has 0 fully saturated rings. The van der Waals surface area contributed by atoms with E-state index in [1.54, 1.807) is 18.6 Å². The molecule has 0 aliphatic rings. The molecule has 6 heteroatoms. The Hall–Kier alpha value is -2.34. The maximum Gasteiger partial charge on any atom is 0.191 e. The quantitative estimate of drug-likeness (QED) is 0.508. The molecule has 0 aliphatic heterocycles. The van der Waals surface area contributed by atoms with E-state index in [1.165, 1.54) is 0 Å². The van der Waals surface area contributed by atoms with Gasteiger partial charge in [0, 0.05) is 23.6 Å². The second-order valence-corrected chi connectivity index (χ2v) is 4.16. The number of para-hydroxylation sites is 1. The summed E-state index contributed by atoms with van der Waals surface area (Å²) in [6, 6.07) is 9.64. The van der Waals surface area contributed by atoms with Crippen molar-refractivity contribution in [1.29, 1.82) is 0 Å². The average molecular weight is 271 g/mol. The summed E-state index contributed by atoms with van der Waals surface area (Å²) in [4.78, 5) is 8.13. The molecular weight excluding hydrogens is 258 g/mol. The Morgan fingerprint density at radius 3 is 2.58 bits per heavy atom. The highest BCUT2D eigenvalue weighted by atomic mass is 32.1. The first-order chi connectivity index (χ1) is 9.24. The average Bonchev–Trinajstić information content (AvgIpc) is 2.42. The van der Waals surface area contributed by atoms with Crippen molar-refractivity contribution in [3.63, 3.8) is 0 Å². The standard InChI is InChI=1S/C13H13N5S/c1-10-14-7-11(8-15-10)9-16-18-13(19)17-12-5-3-2-4-6-12/h2-9H,1H3,(H2,17,18,19)/b16-9-. The molecule has 0 aliphatic carbocycles. The normalized spacial score (nSPS) is 10.4. The molecule has 5 nitrogen and oxygen atoms in total. The predicted molar refractivity (Wildman–Crippen MR) is 80.2 cm³/mol. The zero-order chi connectivity index (χ0) is 13.5. The summed E-state index contributed by atoms with van der Waals surface area (Å²) in [5.41, 5.74) is 4.45. The Morgan fingerprint density at radius 1 is 1.21 bits per heavy atom. The molecule has 1 aromatic heterocycles. The van der Waals surface area contributed by atoms with Crippen LogP contribution in [0.15, 0.2) is 47.8 Å². The third-order valence-electron chi connectivity index (χ3n) is 2.21. The fourth-order valence-corrected chi connectivity index (χ4v) is 1.49. The van der Waals surface area contributed by atoms with Crippen LogP contribution < -0.4 is 10.7 Å². The SMILES string of the molecule is Cc1ncc(/C=N\NC(=S)Nc2ccccc2)cn1. The van der Waals surface area contributed by atoms with E-state index in [0.717, 1.165) is 17.1 Å². The molecule has 1 aromatic carbocycles. The highest BCUT2D eigenvalue weighted by Crippen LogP contribution is 2.04. The summed E-state index contributed by atoms with van der Waals surface area (Å²) < 4.78 is 0. The van der Waals surface area contributed by atoms with Gasteiger partial charge in [-0.25, -0.2) is 9.97 Å². The monoisotopic (exact) mass is 271 g/mol. The first-order valence-corrected chi connectivity index (χ1v) is 6.08. The van der Waals surface area contributed by atoms with Crippen LogP contribution in [-0.2, 0) is 0 Å². The van der Waals surface area contributed by atoms with Crippen LogP contribution in [0.1, 0.15) is 11.4 Å². The summed E-state index contributed by atoms with van der Waals surface area (Å²) in [5.74, 6) is 0.728. The maximum absolute atomic E-state index is 5.10. The zero-order valence-corrected chi connectivity index (χ0v) is 11.2. The first kappa shape index (κ1) is 13.1. The van der Waals surface area contributed by atoms with E-state index in [9.17, 15) is 0 Å². The summed E-state index contributed by atoms with van der Waals surface area (Å²) in [6.45, 7) is 1.83. The number of nitrogens with one attached hydrogen (secondary N) is 2. The Bertz CT molecular complexity index is 565. The van der Waals surface area contributed by atoms with Crippen molar-refractivity contribution in [2.24, 2.45) is 5.10 Å². The van der Waals surface area contributed by atoms with Gasteiger partial charge in [-0.2, -0.15) is 5.10 Å². The fraction of sp³-hybridized carbons (Fsp3) is 0.0769. The van der Waals surface area contributed by atoms with Gasteiger partial charge in [-0.05, 0) is 31.3 Å². The van der Waals surface area contributed by atoms with Gasteiger partial charge < -0.3 is 5.32 Å². The van der Waals surface area contributed by atoms with Gasteiger partial charge in [-0.1, -0.05) is 18.2 Å². The van der Waals surface area contributed by atoms with Gasteiger partial charge in [-0.15, -0.1) is 0 Å². The molecule has 0 unspecified atom stereocenters. The maximum atomic E-state index is 5.10. The van der Waals surface area contributed by atoms with Crippen LogP contribution in [0.2, 0.25) is 0 Å². The molecule has 1 heterocycles. The number of aromatic nitrogens is 2. The molecule has 0 bridgehead atoms. The molecule has 2 rings (SSSR count). The van der Waals surface area contributed by atoms with E-state index in [1.807, 2.05) is 37.3 Å². The van der Waals surface area contributed by atoms with Crippen LogP contribution in [0.25, 0.3) is 0 Å². The topological polar surface area (TPSA) is 62.2 Å². The highest BCUT2D eigenvalue weighted by molar-refractivity contribution is 7.80. The number of benzene rings is 1. The first-order valence-electron chi connectivity index (χ1n) is 5.68. The van der Waals surface area contributed by atoms with Crippen molar-refractivity contribution >= 4 is 29.2 Å². The van der Waals surface area contributed by atoms with E-state index < -0.39 is 0 Å². The van der Waals surface area contributed by atoms with Crippen LogP contribution in [-0.4, -0.2) is 21.3 Å². The van der Waals surface area contributed by atoms with Crippen LogP contribution in [0, 0.1) is 6.92 Å². The Kier molecular flexibility index (Phi) is 4.52. The molecule has 2 N–H and O–H groups in total. The van der Waals surface area contributed by atoms with Crippen molar-refractivity contribution in [3.05, 3.63) is 54.1 Å². The number of hydrazone groups is 1. The molecule has 0 spiro atoms. The number of nitrogens with zero attached hydrogens (tertiary/aromatic N) is 3. The van der Waals surface area contributed by atoms with Gasteiger partial charge in [0.15, 0.2) is 5.11 Å². The molecule has 19 heavy (non-hydrogen) atoms. The Balaban J connectivity index is 1.85. The van der Waals surface area contributed by atoms with Gasteiger partial charge >= 0.3 is 0 Å². The van der Waals surface area contributed by atoms with Crippen LogP contribution in [0.4, 0.5) is 5.69 Å². The molecule has 2 aromatic rings. The number of aryl methyl sites for hydroxylation is 1. The zero-order valence-electron chi connectivity index (χ0n) is 10.4. The molecular formula is C13H13N5S. The second kappa shape index (κ2) is 6.55. The van der Waals surface area contributed by atoms with E-state index in [4.69, 9.17) is 12.2 Å². The smallest absolute Gasteiger partial charge is 0.191 e. The fourth-order valence-electron chi connectivity index (χ4n) is 1.32. The number of anilines is 1. The Morgan fingerprint density at radius 2 is 1.89 bits per heavy atom. The lowest BCUT2D eigenvalue weighted by Gasteiger charge is -2.05. The summed E-state index contributed by atoms with van der Waals surface area (Å²) in [5, 5.41) is 7.45. The largest absolute Gasteiger partial charge is 0.331 e. The molecule has 0 saturated carbocycles. The van der Waals surface area contributed by atoms with Crippen molar-refractivity contribution in [2.45, 2.75) is 6.92 Å². The molecule has 0 amide bonds. The third-order valence-corrected chi connectivity index (χ3v) is 2.41. The van der Waals surface area contributed by atoms with E-state index in [0.29, 0.717) is 5.11 Å². The highest BCUT2D eigenvalue weighted by Gasteiger charge is 1.94. The minimum atomic E-state index is 0.426. The van der Waals surface area contributed by atoms with Gasteiger partial charge in [0.2, 0.25) is 0 Å². The van der Waals surface area contributed by atoms with Gasteiger partial charge in [0.1, 0.15) is 5.82 Å². The molecule has 0 radical (unpaired) electrons. The van der Waals surface area contributed by atoms with Crippen molar-refractivity contribution in [2.75, 3.05) is 5.32 Å². The number of hydrogen-bond donors (Lipinski definition) is 2. The lowest BCUT2D eigenvalue weighted by atomic mass is 10.3. The number of thiocarbonyl (C=S) groups is 1. The van der Waals surface area contributed by atoms with Crippen LogP contribution >= 0.6 is 12.2 Å². The Labute approximate surface area is 116 Å². The van der Waals surface area contributed by atoms with E-state index in [2.05, 4.69) is 25.8 Å². The number of hydrogen-bond acceptors (Lipinski definition) is 4. The van der Waals surface area contributed by atoms with Crippen molar-refractivity contribution in [1.82, 2.24) is 15.4 Å². The molecule has 96 valence electrons. The van der Waals surface area contributed by atoms with Gasteiger partial charge in [0.05, 0.1) is 6.21 Å². The summed E-state index contributed by atoms with van der Waals surface area (Å²) in [7, 11) is 0. The van der Waals surface area contributed by atoms with E-state index in [-0.39, 0.29) is 0 Å². The minimum Gasteiger partial charge on any atom is -0.331 e. The van der Waals surface area contributed by atoms with Crippen LogP contribution in [0.5, 0.6) is 0 Å². The lowest BCUT2D eigenvalue weighted by molar-refractivity contribution is 1.03. The summed E-state index contributed by atoms with van der Waals surface area (Å²) in [6.07, 6.45) is 5.00. The second-order valence-electron chi connectivity index (χ2n) is 3.75. The third kappa shape index (κ3) is 4.44.